The van der Waals surface area contributed by atoms with Gasteiger partial charge in [-0.3, -0.25) is 9.69 Å². The maximum absolute atomic E-state index is 13.1. The Morgan fingerprint density at radius 2 is 2.35 bits per heavy atom. The number of amides is 1. The third kappa shape index (κ3) is 3.58. The van der Waals surface area contributed by atoms with E-state index in [1.165, 1.54) is 10.4 Å². The lowest BCUT2D eigenvalue weighted by atomic mass is 10.1. The first-order valence-corrected chi connectivity index (χ1v) is 10.8. The highest BCUT2D eigenvalue weighted by atomic mass is 32.2. The molecular weight excluding hydrogens is 366 g/mol. The fourth-order valence-corrected chi connectivity index (χ4v) is 6.04. The summed E-state index contributed by atoms with van der Waals surface area (Å²) >= 11 is 3.57. The van der Waals surface area contributed by atoms with E-state index in [0.29, 0.717) is 18.4 Å². The first-order chi connectivity index (χ1) is 12.6. The van der Waals surface area contributed by atoms with Gasteiger partial charge in [0.15, 0.2) is 0 Å². The number of hydrogen-bond donors (Lipinski definition) is 1. The van der Waals surface area contributed by atoms with Crippen LogP contribution in [-0.2, 0) is 17.8 Å². The monoisotopic (exact) mass is 389 g/mol. The summed E-state index contributed by atoms with van der Waals surface area (Å²) in [6.45, 7) is 2.24. The standard InChI is InChI=1S/C18H23N5OS2/c1-22(11-16-20-6-2-15(19)21-16)12-3-7-23(10-12)18(24)17-13-4-8-25-14(13)5-9-26-17/h2,4,6,8,12,17H,3,5,7,9-11H2,1H3,(H2,19,20,21)/t12-,17+/m1/s1. The molecule has 2 aliphatic rings. The Morgan fingerprint density at radius 3 is 3.19 bits per heavy atom. The van der Waals surface area contributed by atoms with Crippen molar-refractivity contribution >= 4 is 34.8 Å². The number of nitrogen functional groups attached to an aromatic ring is 1. The molecular formula is C18H23N5OS2. The Balaban J connectivity index is 1.38. The van der Waals surface area contributed by atoms with E-state index in [-0.39, 0.29) is 11.2 Å². The molecule has 1 amide bonds. The van der Waals surface area contributed by atoms with Crippen LogP contribution in [0.2, 0.25) is 0 Å². The third-order valence-electron chi connectivity index (χ3n) is 5.12. The molecule has 6 nitrogen and oxygen atoms in total. The zero-order valence-corrected chi connectivity index (χ0v) is 16.4. The summed E-state index contributed by atoms with van der Waals surface area (Å²) in [5.74, 6) is 2.52. The fourth-order valence-electron chi connectivity index (χ4n) is 3.66. The highest BCUT2D eigenvalue weighted by molar-refractivity contribution is 8.00. The number of carbonyl (C=O) groups is 1. The molecule has 2 atom stereocenters. The number of nitrogens with zero attached hydrogens (tertiary/aromatic N) is 4. The van der Waals surface area contributed by atoms with Crippen molar-refractivity contribution in [1.29, 1.82) is 0 Å². The summed E-state index contributed by atoms with van der Waals surface area (Å²) in [6, 6.07) is 4.16. The molecule has 0 aliphatic carbocycles. The minimum Gasteiger partial charge on any atom is -0.384 e. The third-order valence-corrected chi connectivity index (χ3v) is 7.34. The predicted molar refractivity (Wildman–Crippen MR) is 106 cm³/mol. The second-order valence-corrected chi connectivity index (χ2v) is 9.05. The Bertz CT molecular complexity index is 795. The number of aryl methyl sites for hydroxylation is 1. The van der Waals surface area contributed by atoms with E-state index in [2.05, 4.69) is 33.4 Å². The second-order valence-electron chi connectivity index (χ2n) is 6.84. The molecule has 2 N–H and O–H groups in total. The molecule has 4 rings (SSSR count). The van der Waals surface area contributed by atoms with Gasteiger partial charge in [0.25, 0.3) is 0 Å². The summed E-state index contributed by atoms with van der Waals surface area (Å²) in [4.78, 5) is 27.3. The number of hydrogen-bond acceptors (Lipinski definition) is 7. The average molecular weight is 390 g/mol. The van der Waals surface area contributed by atoms with Crippen molar-refractivity contribution in [1.82, 2.24) is 19.8 Å². The number of fused-ring (bicyclic) bond motifs is 1. The normalized spacial score (nSPS) is 22.6. The molecule has 4 heterocycles. The van der Waals surface area contributed by atoms with Gasteiger partial charge in [-0.05, 0) is 48.7 Å². The number of likely N-dealkylation sites (tertiary alicyclic amines) is 1. The first kappa shape index (κ1) is 17.8. The molecule has 8 heteroatoms. The lowest BCUT2D eigenvalue weighted by Gasteiger charge is -2.28. The Labute approximate surface area is 161 Å². The van der Waals surface area contributed by atoms with Gasteiger partial charge in [-0.15, -0.1) is 23.1 Å². The molecule has 2 aromatic heterocycles. The number of carbonyl (C=O) groups excluding carboxylic acids is 1. The van der Waals surface area contributed by atoms with Crippen LogP contribution in [0.25, 0.3) is 0 Å². The fraction of sp³-hybridized carbons (Fsp3) is 0.500. The van der Waals surface area contributed by atoms with Crippen LogP contribution in [0.4, 0.5) is 5.82 Å². The van der Waals surface area contributed by atoms with Crippen LogP contribution in [0.5, 0.6) is 0 Å². The van der Waals surface area contributed by atoms with Gasteiger partial charge in [0, 0.05) is 30.2 Å². The molecule has 0 saturated carbocycles. The number of thioether (sulfide) groups is 1. The van der Waals surface area contributed by atoms with Crippen LogP contribution in [0, 0.1) is 0 Å². The smallest absolute Gasteiger partial charge is 0.240 e. The maximum Gasteiger partial charge on any atom is 0.240 e. The number of aromatic nitrogens is 2. The van der Waals surface area contributed by atoms with Gasteiger partial charge >= 0.3 is 0 Å². The quantitative estimate of drug-likeness (QED) is 0.864. The molecule has 0 unspecified atom stereocenters. The van der Waals surface area contributed by atoms with Gasteiger partial charge in [0.05, 0.1) is 6.54 Å². The highest BCUT2D eigenvalue weighted by Gasteiger charge is 2.36. The highest BCUT2D eigenvalue weighted by Crippen LogP contribution is 2.41. The van der Waals surface area contributed by atoms with Crippen molar-refractivity contribution in [2.75, 3.05) is 31.6 Å². The predicted octanol–water partition coefficient (Wildman–Crippen LogP) is 2.18. The van der Waals surface area contributed by atoms with E-state index < -0.39 is 0 Å². The summed E-state index contributed by atoms with van der Waals surface area (Å²) in [5, 5.41) is 2.09. The first-order valence-electron chi connectivity index (χ1n) is 8.86. The van der Waals surface area contributed by atoms with Crippen LogP contribution in [0.1, 0.15) is 27.9 Å². The summed E-state index contributed by atoms with van der Waals surface area (Å²) in [6.07, 6.45) is 3.76. The van der Waals surface area contributed by atoms with Gasteiger partial charge in [-0.25, -0.2) is 9.97 Å². The number of likely N-dealkylation sites (N-methyl/N-ethyl adjacent to an activating group) is 1. The van der Waals surface area contributed by atoms with Gasteiger partial charge in [-0.1, -0.05) is 0 Å². The molecule has 138 valence electrons. The van der Waals surface area contributed by atoms with Crippen molar-refractivity contribution in [3.63, 3.8) is 0 Å². The molecule has 1 saturated heterocycles. The second kappa shape index (κ2) is 7.54. The SMILES string of the molecule is CN(Cc1nccc(N)n1)[C@@H]1CCN(C(=O)[C@H]2SCCc3sccc32)C1. The lowest BCUT2D eigenvalue weighted by molar-refractivity contribution is -0.129. The average Bonchev–Trinajstić information content (AvgIpc) is 3.30. The Morgan fingerprint density at radius 1 is 1.46 bits per heavy atom. The summed E-state index contributed by atoms with van der Waals surface area (Å²) < 4.78 is 0. The zero-order valence-electron chi connectivity index (χ0n) is 14.8. The van der Waals surface area contributed by atoms with Gasteiger partial charge in [0.1, 0.15) is 16.9 Å². The summed E-state index contributed by atoms with van der Waals surface area (Å²) in [5.41, 5.74) is 6.98. The van der Waals surface area contributed by atoms with Crippen LogP contribution >= 0.6 is 23.1 Å². The molecule has 0 aromatic carbocycles. The maximum atomic E-state index is 13.1. The van der Waals surface area contributed by atoms with Crippen LogP contribution in [0.15, 0.2) is 23.7 Å². The van der Waals surface area contributed by atoms with Crippen molar-refractivity contribution in [3.8, 4) is 0 Å². The minimum absolute atomic E-state index is 0.0219. The molecule has 2 aromatic rings. The van der Waals surface area contributed by atoms with E-state index in [9.17, 15) is 4.79 Å². The van der Waals surface area contributed by atoms with Crippen molar-refractivity contribution in [3.05, 3.63) is 40.0 Å². The minimum atomic E-state index is -0.0219. The number of thiophene rings is 1. The molecule has 26 heavy (non-hydrogen) atoms. The molecule has 0 bridgehead atoms. The molecule has 0 spiro atoms. The van der Waals surface area contributed by atoms with E-state index in [0.717, 1.165) is 37.5 Å². The van der Waals surface area contributed by atoms with Crippen LogP contribution in [0.3, 0.4) is 0 Å². The van der Waals surface area contributed by atoms with E-state index in [1.807, 2.05) is 4.90 Å². The van der Waals surface area contributed by atoms with Crippen molar-refractivity contribution in [2.24, 2.45) is 0 Å². The van der Waals surface area contributed by atoms with Crippen molar-refractivity contribution < 1.29 is 4.79 Å². The van der Waals surface area contributed by atoms with Crippen molar-refractivity contribution in [2.45, 2.75) is 30.7 Å². The summed E-state index contributed by atoms with van der Waals surface area (Å²) in [7, 11) is 2.07. The van der Waals surface area contributed by atoms with Crippen LogP contribution in [-0.4, -0.2) is 57.6 Å². The number of nitrogens with two attached hydrogens (primary N) is 1. The van der Waals surface area contributed by atoms with Gasteiger partial charge < -0.3 is 10.6 Å². The number of anilines is 1. The van der Waals surface area contributed by atoms with E-state index in [1.54, 1.807) is 35.4 Å². The topological polar surface area (TPSA) is 75.4 Å². The lowest BCUT2D eigenvalue weighted by Crippen LogP contribution is -2.38. The molecule has 0 radical (unpaired) electrons. The largest absolute Gasteiger partial charge is 0.384 e. The van der Waals surface area contributed by atoms with E-state index in [4.69, 9.17) is 5.73 Å². The molecule has 2 aliphatic heterocycles. The van der Waals surface area contributed by atoms with E-state index >= 15 is 0 Å². The Hall–Kier alpha value is -1.64. The Kier molecular flexibility index (Phi) is 5.15. The van der Waals surface area contributed by atoms with Crippen LogP contribution < -0.4 is 5.73 Å². The van der Waals surface area contributed by atoms with Gasteiger partial charge in [0.2, 0.25) is 5.91 Å². The molecule has 1 fully saturated rings. The number of rotatable bonds is 4. The van der Waals surface area contributed by atoms with Gasteiger partial charge in [-0.2, -0.15) is 0 Å². The zero-order chi connectivity index (χ0) is 18.1.